The van der Waals surface area contributed by atoms with Crippen molar-refractivity contribution in [2.45, 2.75) is 19.1 Å². The fourth-order valence-corrected chi connectivity index (χ4v) is 4.00. The quantitative estimate of drug-likeness (QED) is 0.337. The van der Waals surface area contributed by atoms with E-state index in [0.717, 1.165) is 34.0 Å². The van der Waals surface area contributed by atoms with Crippen molar-refractivity contribution in [2.24, 2.45) is 0 Å². The highest BCUT2D eigenvalue weighted by atomic mass is 35.5. The van der Waals surface area contributed by atoms with E-state index in [1.54, 1.807) is 18.2 Å². The second kappa shape index (κ2) is 8.67. The summed E-state index contributed by atoms with van der Waals surface area (Å²) in [5.74, 6) is -0.237. The van der Waals surface area contributed by atoms with Crippen LogP contribution in [0.15, 0.2) is 84.9 Å². The Hall–Kier alpha value is -3.31. The molecule has 1 N–H and O–H groups in total. The summed E-state index contributed by atoms with van der Waals surface area (Å²) in [5.41, 5.74) is 2.10. The molecular formula is C26H19ClF3NO. The van der Waals surface area contributed by atoms with Crippen LogP contribution in [0, 0.1) is 0 Å². The van der Waals surface area contributed by atoms with E-state index >= 15 is 0 Å². The van der Waals surface area contributed by atoms with E-state index in [1.165, 1.54) is 12.1 Å². The first-order chi connectivity index (χ1) is 15.2. The highest BCUT2D eigenvalue weighted by molar-refractivity contribution is 6.31. The second-order valence-electron chi connectivity index (χ2n) is 7.53. The van der Waals surface area contributed by atoms with Crippen LogP contribution in [0.1, 0.15) is 34.5 Å². The summed E-state index contributed by atoms with van der Waals surface area (Å²) >= 11 is 6.22. The third-order valence-electron chi connectivity index (χ3n) is 5.39. The summed E-state index contributed by atoms with van der Waals surface area (Å²) in [6.45, 7) is 1.86. The molecule has 0 fully saturated rings. The molecular weight excluding hydrogens is 435 g/mol. The average Bonchev–Trinajstić information content (AvgIpc) is 2.78. The normalized spacial score (nSPS) is 12.5. The zero-order valence-corrected chi connectivity index (χ0v) is 17.8. The maximum Gasteiger partial charge on any atom is 0.416 e. The van der Waals surface area contributed by atoms with Gasteiger partial charge in [-0.05, 0) is 64.7 Å². The van der Waals surface area contributed by atoms with Crippen LogP contribution >= 0.6 is 11.6 Å². The molecule has 0 saturated heterocycles. The Morgan fingerprint density at radius 3 is 2.31 bits per heavy atom. The minimum atomic E-state index is -4.37. The Morgan fingerprint density at radius 2 is 1.62 bits per heavy atom. The van der Waals surface area contributed by atoms with Gasteiger partial charge >= 0.3 is 6.18 Å². The molecule has 0 bridgehead atoms. The minimum Gasteiger partial charge on any atom is -0.345 e. The van der Waals surface area contributed by atoms with E-state index < -0.39 is 11.7 Å². The Morgan fingerprint density at radius 1 is 0.906 bits per heavy atom. The number of hydrogen-bond acceptors (Lipinski definition) is 1. The number of halogens is 4. The molecule has 0 aliphatic rings. The largest absolute Gasteiger partial charge is 0.416 e. The molecule has 6 heteroatoms. The van der Waals surface area contributed by atoms with Crippen molar-refractivity contribution in [1.82, 2.24) is 5.32 Å². The zero-order valence-electron chi connectivity index (χ0n) is 17.1. The van der Waals surface area contributed by atoms with E-state index in [-0.39, 0.29) is 11.9 Å². The van der Waals surface area contributed by atoms with E-state index in [9.17, 15) is 18.0 Å². The highest BCUT2D eigenvalue weighted by Crippen LogP contribution is 2.33. The summed E-state index contributed by atoms with van der Waals surface area (Å²) in [6.07, 6.45) is -4.37. The summed E-state index contributed by atoms with van der Waals surface area (Å²) < 4.78 is 38.6. The molecule has 0 radical (unpaired) electrons. The van der Waals surface area contributed by atoms with Crippen molar-refractivity contribution in [1.29, 1.82) is 0 Å². The predicted octanol–water partition coefficient (Wildman–Crippen LogP) is 7.67. The van der Waals surface area contributed by atoms with Crippen LogP contribution in [0.5, 0.6) is 0 Å². The fraction of sp³-hybridized carbons (Fsp3) is 0.115. The second-order valence-corrected chi connectivity index (χ2v) is 7.94. The molecule has 0 saturated carbocycles. The highest BCUT2D eigenvalue weighted by Gasteiger charge is 2.30. The molecule has 0 unspecified atom stereocenters. The number of carbonyl (C=O) groups is 1. The van der Waals surface area contributed by atoms with Gasteiger partial charge in [-0.25, -0.2) is 0 Å². The van der Waals surface area contributed by atoms with Gasteiger partial charge in [-0.15, -0.1) is 0 Å². The van der Waals surface area contributed by atoms with Crippen LogP contribution < -0.4 is 5.32 Å². The molecule has 4 aromatic rings. The Balaban J connectivity index is 1.62. The number of hydrogen-bond donors (Lipinski definition) is 1. The maximum absolute atomic E-state index is 12.9. The van der Waals surface area contributed by atoms with Gasteiger partial charge in [0, 0.05) is 10.6 Å². The van der Waals surface area contributed by atoms with Crippen molar-refractivity contribution in [3.05, 3.63) is 107 Å². The molecule has 0 heterocycles. The predicted molar refractivity (Wildman–Crippen MR) is 122 cm³/mol. The van der Waals surface area contributed by atoms with E-state index in [1.807, 2.05) is 49.4 Å². The Kier molecular flexibility index (Phi) is 5.94. The monoisotopic (exact) mass is 453 g/mol. The van der Waals surface area contributed by atoms with Crippen molar-refractivity contribution in [3.8, 4) is 11.1 Å². The number of benzene rings is 4. The van der Waals surface area contributed by atoms with Crippen LogP contribution in [-0.4, -0.2) is 5.91 Å². The topological polar surface area (TPSA) is 29.1 Å². The van der Waals surface area contributed by atoms with E-state index in [0.29, 0.717) is 16.1 Å². The lowest BCUT2D eigenvalue weighted by molar-refractivity contribution is -0.137. The molecule has 1 atom stereocenters. The lowest BCUT2D eigenvalue weighted by atomic mass is 9.96. The molecule has 32 heavy (non-hydrogen) atoms. The summed E-state index contributed by atoms with van der Waals surface area (Å²) in [6, 6.07) is 23.0. The van der Waals surface area contributed by atoms with Crippen LogP contribution in [-0.2, 0) is 6.18 Å². The summed E-state index contributed by atoms with van der Waals surface area (Å²) in [4.78, 5) is 12.8. The number of nitrogens with one attached hydrogen (secondary N) is 1. The number of amides is 1. The zero-order chi connectivity index (χ0) is 22.9. The average molecular weight is 454 g/mol. The first-order valence-corrected chi connectivity index (χ1v) is 10.4. The molecule has 0 aromatic heterocycles. The molecule has 0 aliphatic heterocycles. The molecule has 1 amide bonds. The van der Waals surface area contributed by atoms with E-state index in [4.69, 9.17) is 11.6 Å². The summed E-state index contributed by atoms with van der Waals surface area (Å²) in [5, 5.41) is 5.21. The van der Waals surface area contributed by atoms with Gasteiger partial charge in [0.1, 0.15) is 0 Å². The molecule has 2 nitrogen and oxygen atoms in total. The first-order valence-electron chi connectivity index (χ1n) is 10.00. The lowest BCUT2D eigenvalue weighted by Gasteiger charge is -2.16. The van der Waals surface area contributed by atoms with Crippen molar-refractivity contribution in [2.75, 3.05) is 0 Å². The van der Waals surface area contributed by atoms with Crippen LogP contribution in [0.25, 0.3) is 21.9 Å². The molecule has 0 spiro atoms. The van der Waals surface area contributed by atoms with Crippen LogP contribution in [0.3, 0.4) is 0 Å². The lowest BCUT2D eigenvalue weighted by Crippen LogP contribution is -2.26. The maximum atomic E-state index is 12.9. The van der Waals surface area contributed by atoms with Gasteiger partial charge in [-0.1, -0.05) is 66.2 Å². The van der Waals surface area contributed by atoms with Crippen LogP contribution in [0.2, 0.25) is 5.02 Å². The SMILES string of the molecule is C[C@@H](NC(=O)c1ccc2c(-c3ccc(C(F)(F)F)cc3)cccc2c1)c1ccccc1Cl. The number of carbonyl (C=O) groups excluding carboxylic acids is 1. The van der Waals surface area contributed by atoms with Gasteiger partial charge in [0.15, 0.2) is 0 Å². The van der Waals surface area contributed by atoms with Gasteiger partial charge < -0.3 is 5.32 Å². The van der Waals surface area contributed by atoms with Gasteiger partial charge in [-0.2, -0.15) is 13.2 Å². The van der Waals surface area contributed by atoms with Gasteiger partial charge in [-0.3, -0.25) is 4.79 Å². The third-order valence-corrected chi connectivity index (χ3v) is 5.73. The molecule has 0 aliphatic carbocycles. The van der Waals surface area contributed by atoms with Gasteiger partial charge in [0.05, 0.1) is 11.6 Å². The van der Waals surface area contributed by atoms with Crippen molar-refractivity contribution >= 4 is 28.3 Å². The van der Waals surface area contributed by atoms with Crippen molar-refractivity contribution < 1.29 is 18.0 Å². The van der Waals surface area contributed by atoms with Crippen molar-refractivity contribution in [3.63, 3.8) is 0 Å². The third kappa shape index (κ3) is 4.48. The standard InChI is InChI=1S/C26H19ClF3NO/c1-16(21-6-2-3-8-24(21)27)31-25(32)19-11-14-23-18(15-19)5-4-7-22(23)17-9-12-20(13-10-17)26(28,29)30/h2-16H,1H3,(H,31,32)/t16-/m1/s1. The first kappa shape index (κ1) is 21.9. The molecule has 4 aromatic carbocycles. The Labute approximate surface area is 188 Å². The van der Waals surface area contributed by atoms with Gasteiger partial charge in [0.2, 0.25) is 0 Å². The molecule has 162 valence electrons. The number of rotatable bonds is 4. The van der Waals surface area contributed by atoms with Crippen LogP contribution in [0.4, 0.5) is 13.2 Å². The smallest absolute Gasteiger partial charge is 0.345 e. The number of fused-ring (bicyclic) bond motifs is 1. The van der Waals surface area contributed by atoms with Gasteiger partial charge in [0.25, 0.3) is 5.91 Å². The molecule has 4 rings (SSSR count). The number of alkyl halides is 3. The Bertz CT molecular complexity index is 1280. The minimum absolute atomic E-state index is 0.237. The summed E-state index contributed by atoms with van der Waals surface area (Å²) in [7, 11) is 0. The van der Waals surface area contributed by atoms with E-state index in [2.05, 4.69) is 5.32 Å². The fourth-order valence-electron chi connectivity index (χ4n) is 3.70.